The summed E-state index contributed by atoms with van der Waals surface area (Å²) in [5.41, 5.74) is 2.72. The van der Waals surface area contributed by atoms with Crippen LogP contribution in [0.4, 0.5) is 0 Å². The molecule has 1 aliphatic rings. The molecule has 0 fully saturated rings. The number of rotatable bonds is 0. The molecular formula is C14H21NO. The second-order valence-corrected chi connectivity index (χ2v) is 5.82. The van der Waals surface area contributed by atoms with Gasteiger partial charge < -0.3 is 0 Å². The number of hydrogen-bond donors (Lipinski definition) is 0. The highest BCUT2D eigenvalue weighted by Gasteiger charge is 2.14. The van der Waals surface area contributed by atoms with Gasteiger partial charge in [0.15, 0.2) is 0 Å². The van der Waals surface area contributed by atoms with Crippen LogP contribution in [0.1, 0.15) is 45.4 Å². The normalized spacial score (nSPS) is 14.9. The lowest BCUT2D eigenvalue weighted by molar-refractivity contribution is -0.118. The average molecular weight is 219 g/mol. The maximum absolute atomic E-state index is 11.0. The van der Waals surface area contributed by atoms with E-state index in [-0.39, 0.29) is 0 Å². The first kappa shape index (κ1) is 12.9. The molecule has 0 aromatic carbocycles. The second kappa shape index (κ2) is 5.24. The van der Waals surface area contributed by atoms with Crippen molar-refractivity contribution in [3.63, 3.8) is 0 Å². The van der Waals surface area contributed by atoms with Crippen molar-refractivity contribution >= 4 is 5.78 Å². The Morgan fingerprint density at radius 1 is 1.19 bits per heavy atom. The van der Waals surface area contributed by atoms with E-state index in [1.165, 1.54) is 5.56 Å². The minimum absolute atomic E-state index is 0.316. The van der Waals surface area contributed by atoms with Gasteiger partial charge in [0.25, 0.3) is 0 Å². The zero-order valence-electron chi connectivity index (χ0n) is 10.7. The summed E-state index contributed by atoms with van der Waals surface area (Å²) in [5, 5.41) is 0. The molecule has 0 saturated heterocycles. The van der Waals surface area contributed by atoms with Crippen molar-refractivity contribution in [2.75, 3.05) is 0 Å². The van der Waals surface area contributed by atoms with Crippen molar-refractivity contribution in [3.05, 3.63) is 29.6 Å². The van der Waals surface area contributed by atoms with Gasteiger partial charge >= 0.3 is 0 Å². The van der Waals surface area contributed by atoms with Crippen molar-refractivity contribution in [2.24, 2.45) is 5.41 Å². The molecule has 0 aliphatic heterocycles. The first-order valence-electron chi connectivity index (χ1n) is 5.81. The predicted octanol–water partition coefficient (Wildman–Crippen LogP) is 3.19. The van der Waals surface area contributed by atoms with Crippen molar-refractivity contribution in [2.45, 2.75) is 47.0 Å². The highest BCUT2D eigenvalue weighted by molar-refractivity contribution is 5.82. The number of aromatic nitrogens is 1. The van der Waals surface area contributed by atoms with Crippen LogP contribution in [0.2, 0.25) is 0 Å². The molecular weight excluding hydrogens is 198 g/mol. The SMILES string of the molecule is CC(C)(C)C.O=C1CCc2cccnc2C1. The van der Waals surface area contributed by atoms with Gasteiger partial charge in [0.2, 0.25) is 0 Å². The van der Waals surface area contributed by atoms with E-state index >= 15 is 0 Å². The lowest BCUT2D eigenvalue weighted by Crippen LogP contribution is -2.14. The fraction of sp³-hybridized carbons (Fsp3) is 0.571. The highest BCUT2D eigenvalue weighted by Crippen LogP contribution is 2.15. The summed E-state index contributed by atoms with van der Waals surface area (Å²) in [6, 6.07) is 3.98. The molecule has 1 aliphatic carbocycles. The minimum atomic E-state index is 0.316. The number of hydrogen-bond acceptors (Lipinski definition) is 2. The Hall–Kier alpha value is -1.18. The van der Waals surface area contributed by atoms with Crippen LogP contribution in [0.5, 0.6) is 0 Å². The molecule has 2 rings (SSSR count). The molecule has 1 aromatic heterocycles. The number of Topliss-reactive ketones (excluding diaryl/α,β-unsaturated/α-hetero) is 1. The summed E-state index contributed by atoms with van der Waals surface area (Å²) in [5.74, 6) is 0.316. The molecule has 2 heteroatoms. The predicted molar refractivity (Wildman–Crippen MR) is 66.4 cm³/mol. The van der Waals surface area contributed by atoms with E-state index < -0.39 is 0 Å². The van der Waals surface area contributed by atoms with Gasteiger partial charge in [-0.2, -0.15) is 0 Å². The van der Waals surface area contributed by atoms with Gasteiger partial charge in [-0.15, -0.1) is 0 Å². The van der Waals surface area contributed by atoms with E-state index in [4.69, 9.17) is 0 Å². The van der Waals surface area contributed by atoms with Gasteiger partial charge in [0, 0.05) is 19.0 Å². The third kappa shape index (κ3) is 5.06. The summed E-state index contributed by atoms with van der Waals surface area (Å²) in [6.45, 7) is 8.75. The molecule has 2 nitrogen and oxygen atoms in total. The largest absolute Gasteiger partial charge is 0.299 e. The summed E-state index contributed by atoms with van der Waals surface area (Å²) in [4.78, 5) is 15.1. The van der Waals surface area contributed by atoms with Crippen molar-refractivity contribution in [1.29, 1.82) is 0 Å². The van der Waals surface area contributed by atoms with Crippen LogP contribution in [0.25, 0.3) is 0 Å². The first-order chi connectivity index (χ1) is 7.36. The Morgan fingerprint density at radius 3 is 2.44 bits per heavy atom. The van der Waals surface area contributed by atoms with E-state index in [0.29, 0.717) is 24.0 Å². The quantitative estimate of drug-likeness (QED) is 0.670. The number of aryl methyl sites for hydroxylation is 1. The molecule has 0 radical (unpaired) electrons. The Kier molecular flexibility index (Phi) is 4.22. The molecule has 0 saturated carbocycles. The molecule has 1 aromatic rings. The number of ketones is 1. The number of carbonyl (C=O) groups is 1. The topological polar surface area (TPSA) is 30.0 Å². The maximum Gasteiger partial charge on any atom is 0.139 e. The third-order valence-electron chi connectivity index (χ3n) is 2.02. The summed E-state index contributed by atoms with van der Waals surface area (Å²) in [7, 11) is 0. The zero-order valence-corrected chi connectivity index (χ0v) is 10.7. The van der Waals surface area contributed by atoms with Crippen molar-refractivity contribution in [3.8, 4) is 0 Å². The summed E-state index contributed by atoms with van der Waals surface area (Å²) < 4.78 is 0. The first-order valence-corrected chi connectivity index (χ1v) is 5.81. The Labute approximate surface area is 98.1 Å². The molecule has 0 atom stereocenters. The van der Waals surface area contributed by atoms with Gasteiger partial charge in [0.05, 0.1) is 5.69 Å². The summed E-state index contributed by atoms with van der Waals surface area (Å²) in [6.07, 6.45) is 3.86. The van der Waals surface area contributed by atoms with Crippen LogP contribution in [0.3, 0.4) is 0 Å². The minimum Gasteiger partial charge on any atom is -0.299 e. The fourth-order valence-electron chi connectivity index (χ4n) is 1.41. The van der Waals surface area contributed by atoms with E-state index in [0.717, 1.165) is 12.1 Å². The average Bonchev–Trinajstić information content (AvgIpc) is 2.15. The van der Waals surface area contributed by atoms with E-state index in [1.807, 2.05) is 6.07 Å². The number of pyridine rings is 1. The van der Waals surface area contributed by atoms with Gasteiger partial charge in [0.1, 0.15) is 5.78 Å². The molecule has 0 unspecified atom stereocenters. The zero-order chi connectivity index (χ0) is 12.2. The smallest absolute Gasteiger partial charge is 0.139 e. The molecule has 0 N–H and O–H groups in total. The van der Waals surface area contributed by atoms with Crippen molar-refractivity contribution < 1.29 is 4.79 Å². The van der Waals surface area contributed by atoms with Crippen LogP contribution in [-0.2, 0) is 17.6 Å². The van der Waals surface area contributed by atoms with Crippen molar-refractivity contribution in [1.82, 2.24) is 4.98 Å². The highest BCUT2D eigenvalue weighted by atomic mass is 16.1. The molecule has 88 valence electrons. The molecule has 16 heavy (non-hydrogen) atoms. The van der Waals surface area contributed by atoms with Crippen LogP contribution in [-0.4, -0.2) is 10.8 Å². The number of carbonyl (C=O) groups excluding carboxylic acids is 1. The fourth-order valence-corrected chi connectivity index (χ4v) is 1.41. The molecule has 1 heterocycles. The Balaban J connectivity index is 0.000000221. The van der Waals surface area contributed by atoms with Crippen LogP contribution < -0.4 is 0 Å². The maximum atomic E-state index is 11.0. The molecule has 0 spiro atoms. The third-order valence-corrected chi connectivity index (χ3v) is 2.02. The Morgan fingerprint density at radius 2 is 1.81 bits per heavy atom. The van der Waals surface area contributed by atoms with Gasteiger partial charge in [-0.25, -0.2) is 0 Å². The Bertz CT molecular complexity index is 357. The van der Waals surface area contributed by atoms with Gasteiger partial charge in [-0.3, -0.25) is 9.78 Å². The van der Waals surface area contributed by atoms with E-state index in [2.05, 4.69) is 38.7 Å². The monoisotopic (exact) mass is 219 g/mol. The van der Waals surface area contributed by atoms with E-state index in [9.17, 15) is 4.79 Å². The van der Waals surface area contributed by atoms with Crippen LogP contribution >= 0.6 is 0 Å². The molecule has 0 bridgehead atoms. The van der Waals surface area contributed by atoms with Gasteiger partial charge in [-0.1, -0.05) is 33.8 Å². The van der Waals surface area contributed by atoms with Gasteiger partial charge in [-0.05, 0) is 23.5 Å². The van der Waals surface area contributed by atoms with Crippen LogP contribution in [0.15, 0.2) is 18.3 Å². The standard InChI is InChI=1S/C9H9NO.C5H12/c11-8-4-3-7-2-1-5-10-9(7)6-8;1-5(2,3)4/h1-2,5H,3-4,6H2;1-4H3. The lowest BCUT2D eigenvalue weighted by atomic mass is 9.95. The second-order valence-electron chi connectivity index (χ2n) is 5.82. The summed E-state index contributed by atoms with van der Waals surface area (Å²) >= 11 is 0. The number of fused-ring (bicyclic) bond motifs is 1. The van der Waals surface area contributed by atoms with Crippen LogP contribution in [0, 0.1) is 5.41 Å². The van der Waals surface area contributed by atoms with E-state index in [1.54, 1.807) is 6.20 Å². The lowest BCUT2D eigenvalue weighted by Gasteiger charge is -2.11. The number of nitrogens with zero attached hydrogens (tertiary/aromatic N) is 1. The molecule has 0 amide bonds.